The molecule has 2 atom stereocenters. The number of amides is 2. The average molecular weight is 165 g/mol. The quantitative estimate of drug-likeness (QED) is 0.536. The minimum Gasteiger partial charge on any atom is -0.272 e. The zero-order valence-electron chi connectivity index (χ0n) is 6.99. The Bertz CT molecular complexity index is 252. The molecule has 2 amide bonds. The van der Waals surface area contributed by atoms with Crippen molar-refractivity contribution < 1.29 is 9.59 Å². The molecule has 0 aromatic carbocycles. The molecule has 3 heteroatoms. The van der Waals surface area contributed by atoms with Gasteiger partial charge in [0.1, 0.15) is 0 Å². The summed E-state index contributed by atoms with van der Waals surface area (Å²) in [6, 6.07) is 0.167. The van der Waals surface area contributed by atoms with Crippen LogP contribution >= 0.6 is 0 Å². The SMILES string of the molecule is CC1CCC1N1C(=O)C=CC1=O. The van der Waals surface area contributed by atoms with Crippen LogP contribution in [0.4, 0.5) is 0 Å². The number of nitrogens with zero attached hydrogens (tertiary/aromatic N) is 1. The molecule has 12 heavy (non-hydrogen) atoms. The highest BCUT2D eigenvalue weighted by Gasteiger charge is 2.39. The maximum atomic E-state index is 11.2. The van der Waals surface area contributed by atoms with Crippen molar-refractivity contribution in [1.29, 1.82) is 0 Å². The number of carbonyl (C=O) groups is 2. The molecule has 0 aromatic rings. The number of rotatable bonds is 1. The molecular weight excluding hydrogens is 154 g/mol. The summed E-state index contributed by atoms with van der Waals surface area (Å²) < 4.78 is 0. The molecular formula is C9H11NO2. The van der Waals surface area contributed by atoms with Crippen molar-refractivity contribution in [2.24, 2.45) is 5.92 Å². The summed E-state index contributed by atoms with van der Waals surface area (Å²) in [7, 11) is 0. The van der Waals surface area contributed by atoms with Crippen LogP contribution in [0.3, 0.4) is 0 Å². The van der Waals surface area contributed by atoms with E-state index in [0.29, 0.717) is 5.92 Å². The molecule has 1 saturated carbocycles. The highest BCUT2D eigenvalue weighted by Crippen LogP contribution is 2.32. The lowest BCUT2D eigenvalue weighted by Gasteiger charge is -2.39. The standard InChI is InChI=1S/C9H11NO2/c1-6-2-3-7(6)10-8(11)4-5-9(10)12/h4-7H,2-3H2,1H3. The zero-order chi connectivity index (χ0) is 8.72. The van der Waals surface area contributed by atoms with Crippen molar-refractivity contribution in [2.45, 2.75) is 25.8 Å². The lowest BCUT2D eigenvalue weighted by Crippen LogP contribution is -2.48. The van der Waals surface area contributed by atoms with E-state index in [2.05, 4.69) is 6.92 Å². The van der Waals surface area contributed by atoms with E-state index in [9.17, 15) is 9.59 Å². The lowest BCUT2D eigenvalue weighted by atomic mass is 9.80. The first kappa shape index (κ1) is 7.53. The molecule has 0 bridgehead atoms. The van der Waals surface area contributed by atoms with Crippen molar-refractivity contribution in [1.82, 2.24) is 4.90 Å². The first-order valence-corrected chi connectivity index (χ1v) is 4.25. The van der Waals surface area contributed by atoms with Gasteiger partial charge in [-0.25, -0.2) is 0 Å². The molecule has 0 N–H and O–H groups in total. The van der Waals surface area contributed by atoms with Gasteiger partial charge in [-0.05, 0) is 18.8 Å². The first-order valence-electron chi connectivity index (χ1n) is 4.25. The molecule has 1 aliphatic heterocycles. The van der Waals surface area contributed by atoms with Crippen LogP contribution in [0.2, 0.25) is 0 Å². The van der Waals surface area contributed by atoms with Crippen molar-refractivity contribution in [2.75, 3.05) is 0 Å². The van der Waals surface area contributed by atoms with Crippen molar-refractivity contribution >= 4 is 11.8 Å². The smallest absolute Gasteiger partial charge is 0.253 e. The molecule has 0 saturated heterocycles. The molecule has 1 fully saturated rings. The lowest BCUT2D eigenvalue weighted by molar-refractivity contribution is -0.143. The van der Waals surface area contributed by atoms with Crippen LogP contribution in [0, 0.1) is 5.92 Å². The van der Waals surface area contributed by atoms with Crippen LogP contribution in [0.5, 0.6) is 0 Å². The van der Waals surface area contributed by atoms with Crippen LogP contribution in [0.1, 0.15) is 19.8 Å². The second kappa shape index (κ2) is 2.44. The highest BCUT2D eigenvalue weighted by molar-refractivity contribution is 6.13. The minimum absolute atomic E-state index is 0.142. The molecule has 1 aliphatic carbocycles. The van der Waals surface area contributed by atoms with Crippen LogP contribution in [-0.2, 0) is 9.59 Å². The molecule has 2 rings (SSSR count). The van der Waals surface area contributed by atoms with E-state index in [0.717, 1.165) is 12.8 Å². The monoisotopic (exact) mass is 165 g/mol. The minimum atomic E-state index is -0.142. The summed E-state index contributed by atoms with van der Waals surface area (Å²) in [5, 5.41) is 0. The van der Waals surface area contributed by atoms with E-state index in [-0.39, 0.29) is 17.9 Å². The normalized spacial score (nSPS) is 34.2. The fourth-order valence-corrected chi connectivity index (χ4v) is 1.77. The molecule has 3 nitrogen and oxygen atoms in total. The summed E-state index contributed by atoms with van der Waals surface area (Å²) in [4.78, 5) is 23.7. The Morgan fingerprint density at radius 1 is 1.25 bits per heavy atom. The first-order chi connectivity index (χ1) is 5.70. The summed E-state index contributed by atoms with van der Waals surface area (Å²) in [5.41, 5.74) is 0. The Morgan fingerprint density at radius 2 is 1.83 bits per heavy atom. The van der Waals surface area contributed by atoms with Gasteiger partial charge in [0.05, 0.1) is 0 Å². The largest absolute Gasteiger partial charge is 0.272 e. The Balaban J connectivity index is 2.13. The number of carbonyl (C=O) groups excluding carboxylic acids is 2. The third-order valence-corrected chi connectivity index (χ3v) is 2.75. The maximum Gasteiger partial charge on any atom is 0.253 e. The molecule has 2 unspecified atom stereocenters. The second-order valence-electron chi connectivity index (χ2n) is 3.50. The molecule has 1 heterocycles. The topological polar surface area (TPSA) is 37.4 Å². The molecule has 64 valence electrons. The van der Waals surface area contributed by atoms with Crippen molar-refractivity contribution in [3.8, 4) is 0 Å². The van der Waals surface area contributed by atoms with E-state index >= 15 is 0 Å². The summed E-state index contributed by atoms with van der Waals surface area (Å²) in [6.45, 7) is 2.08. The highest BCUT2D eigenvalue weighted by atomic mass is 16.2. The summed E-state index contributed by atoms with van der Waals surface area (Å²) in [5.74, 6) is 0.200. The number of hydrogen-bond acceptors (Lipinski definition) is 2. The van der Waals surface area contributed by atoms with Gasteiger partial charge in [0, 0.05) is 18.2 Å². The fourth-order valence-electron chi connectivity index (χ4n) is 1.77. The van der Waals surface area contributed by atoms with E-state index in [1.165, 1.54) is 17.1 Å². The Hall–Kier alpha value is -1.12. The van der Waals surface area contributed by atoms with Gasteiger partial charge in [0.2, 0.25) is 0 Å². The van der Waals surface area contributed by atoms with E-state index in [1.807, 2.05) is 0 Å². The Labute approximate surface area is 71.0 Å². The third kappa shape index (κ3) is 0.891. The van der Waals surface area contributed by atoms with Crippen LogP contribution in [0.15, 0.2) is 12.2 Å². The summed E-state index contributed by atoms with van der Waals surface area (Å²) >= 11 is 0. The van der Waals surface area contributed by atoms with Gasteiger partial charge >= 0.3 is 0 Å². The van der Waals surface area contributed by atoms with Gasteiger partial charge in [0.15, 0.2) is 0 Å². The summed E-state index contributed by atoms with van der Waals surface area (Å²) in [6.07, 6.45) is 4.81. The predicted octanol–water partition coefficient (Wildman–Crippen LogP) is 0.710. The van der Waals surface area contributed by atoms with Crippen molar-refractivity contribution in [3.05, 3.63) is 12.2 Å². The third-order valence-electron chi connectivity index (χ3n) is 2.75. The molecule has 0 radical (unpaired) electrons. The van der Waals surface area contributed by atoms with Crippen LogP contribution < -0.4 is 0 Å². The average Bonchev–Trinajstić information content (AvgIpc) is 2.33. The molecule has 0 aromatic heterocycles. The van der Waals surface area contributed by atoms with Gasteiger partial charge in [-0.3, -0.25) is 14.5 Å². The van der Waals surface area contributed by atoms with E-state index in [4.69, 9.17) is 0 Å². The Morgan fingerprint density at radius 3 is 2.17 bits per heavy atom. The molecule has 2 aliphatic rings. The van der Waals surface area contributed by atoms with Crippen LogP contribution in [0.25, 0.3) is 0 Å². The van der Waals surface area contributed by atoms with Gasteiger partial charge in [-0.1, -0.05) is 6.92 Å². The van der Waals surface area contributed by atoms with E-state index < -0.39 is 0 Å². The van der Waals surface area contributed by atoms with Gasteiger partial charge in [-0.2, -0.15) is 0 Å². The fraction of sp³-hybridized carbons (Fsp3) is 0.556. The van der Waals surface area contributed by atoms with Gasteiger partial charge in [0.25, 0.3) is 11.8 Å². The van der Waals surface area contributed by atoms with Gasteiger partial charge < -0.3 is 0 Å². The predicted molar refractivity (Wildman–Crippen MR) is 43.2 cm³/mol. The number of imide groups is 1. The van der Waals surface area contributed by atoms with Crippen molar-refractivity contribution in [3.63, 3.8) is 0 Å². The zero-order valence-corrected chi connectivity index (χ0v) is 6.99. The van der Waals surface area contributed by atoms with Crippen LogP contribution in [-0.4, -0.2) is 22.8 Å². The van der Waals surface area contributed by atoms with Gasteiger partial charge in [-0.15, -0.1) is 0 Å². The van der Waals surface area contributed by atoms with E-state index in [1.54, 1.807) is 0 Å². The maximum absolute atomic E-state index is 11.2. The molecule has 0 spiro atoms. The number of hydrogen-bond donors (Lipinski definition) is 0. The Kier molecular flexibility index (Phi) is 1.53. The second-order valence-corrected chi connectivity index (χ2v) is 3.50.